The summed E-state index contributed by atoms with van der Waals surface area (Å²) in [7, 11) is 0. The monoisotopic (exact) mass is 206 g/mol. The maximum absolute atomic E-state index is 11.6. The fourth-order valence-electron chi connectivity index (χ4n) is 1.21. The Labute approximate surface area is 89.1 Å². The quantitative estimate of drug-likeness (QED) is 0.433. The second-order valence-corrected chi connectivity index (χ2v) is 3.64. The second-order valence-electron chi connectivity index (χ2n) is 3.64. The molecule has 0 radical (unpaired) electrons. The molecule has 3 heteroatoms. The topological polar surface area (TPSA) is 43.4 Å². The van der Waals surface area contributed by atoms with E-state index in [4.69, 9.17) is 4.74 Å². The Morgan fingerprint density at radius 2 is 1.93 bits per heavy atom. The summed E-state index contributed by atoms with van der Waals surface area (Å²) in [6.07, 6.45) is 0. The van der Waals surface area contributed by atoms with Gasteiger partial charge in [-0.05, 0) is 12.1 Å². The minimum absolute atomic E-state index is 0.0454. The molecule has 0 heterocycles. The van der Waals surface area contributed by atoms with Gasteiger partial charge in [-0.15, -0.1) is 0 Å². The van der Waals surface area contributed by atoms with E-state index in [0.29, 0.717) is 11.3 Å². The van der Waals surface area contributed by atoms with Crippen molar-refractivity contribution < 1.29 is 14.3 Å². The number of hydrogen-bond acceptors (Lipinski definition) is 3. The van der Waals surface area contributed by atoms with Crippen molar-refractivity contribution >= 4 is 11.8 Å². The van der Waals surface area contributed by atoms with Crippen LogP contribution in [0.1, 0.15) is 31.1 Å². The summed E-state index contributed by atoms with van der Waals surface area (Å²) in [5, 5.41) is 0. The molecule has 0 N–H and O–H groups in total. The van der Waals surface area contributed by atoms with Crippen LogP contribution < -0.4 is 4.74 Å². The Hall–Kier alpha value is -1.64. The van der Waals surface area contributed by atoms with E-state index in [2.05, 4.69) is 0 Å². The standard InChI is InChI=1S/C12H14O3/c1-8(2)12(14)10-5-4-6-11(7-10)15-9(3)13/h4-8H,1-3H3. The van der Waals surface area contributed by atoms with Crippen molar-refractivity contribution in [3.05, 3.63) is 29.8 Å². The van der Waals surface area contributed by atoms with Crippen LogP contribution in [-0.4, -0.2) is 11.8 Å². The number of esters is 1. The molecule has 0 aromatic heterocycles. The SMILES string of the molecule is CC(=O)Oc1cccc(C(=O)C(C)C)c1. The van der Waals surface area contributed by atoms with Gasteiger partial charge < -0.3 is 4.74 Å². The summed E-state index contributed by atoms with van der Waals surface area (Å²) in [5.41, 5.74) is 0.573. The minimum Gasteiger partial charge on any atom is -0.427 e. The molecule has 1 rings (SSSR count). The number of benzene rings is 1. The van der Waals surface area contributed by atoms with Gasteiger partial charge in [-0.2, -0.15) is 0 Å². The first-order valence-electron chi connectivity index (χ1n) is 4.83. The smallest absolute Gasteiger partial charge is 0.308 e. The van der Waals surface area contributed by atoms with Crippen LogP contribution in [0.25, 0.3) is 0 Å². The highest BCUT2D eigenvalue weighted by molar-refractivity contribution is 5.97. The Balaban J connectivity index is 2.92. The first-order chi connectivity index (χ1) is 7.00. The summed E-state index contributed by atoms with van der Waals surface area (Å²) >= 11 is 0. The molecule has 0 aliphatic rings. The lowest BCUT2D eigenvalue weighted by atomic mass is 10.0. The van der Waals surface area contributed by atoms with Crippen molar-refractivity contribution in [2.24, 2.45) is 5.92 Å². The van der Waals surface area contributed by atoms with Crippen molar-refractivity contribution in [1.29, 1.82) is 0 Å². The molecule has 0 bridgehead atoms. The van der Waals surface area contributed by atoms with Crippen LogP contribution in [-0.2, 0) is 4.79 Å². The molecule has 1 aromatic carbocycles. The summed E-state index contributed by atoms with van der Waals surface area (Å²) < 4.78 is 4.89. The van der Waals surface area contributed by atoms with Crippen molar-refractivity contribution in [2.75, 3.05) is 0 Å². The third kappa shape index (κ3) is 3.20. The van der Waals surface area contributed by atoms with Crippen LogP contribution in [0.3, 0.4) is 0 Å². The lowest BCUT2D eigenvalue weighted by molar-refractivity contribution is -0.131. The zero-order valence-electron chi connectivity index (χ0n) is 9.11. The van der Waals surface area contributed by atoms with Crippen LogP contribution in [0.5, 0.6) is 5.75 Å². The Morgan fingerprint density at radius 1 is 1.27 bits per heavy atom. The van der Waals surface area contributed by atoms with Gasteiger partial charge in [-0.3, -0.25) is 9.59 Å². The van der Waals surface area contributed by atoms with Crippen LogP contribution in [0.15, 0.2) is 24.3 Å². The van der Waals surface area contributed by atoms with Crippen LogP contribution in [0, 0.1) is 5.92 Å². The van der Waals surface area contributed by atoms with Crippen molar-refractivity contribution in [3.8, 4) is 5.75 Å². The molecule has 0 aliphatic heterocycles. The third-order valence-electron chi connectivity index (χ3n) is 1.90. The number of carbonyl (C=O) groups is 2. The number of hydrogen-bond donors (Lipinski definition) is 0. The van der Waals surface area contributed by atoms with Gasteiger partial charge in [0.1, 0.15) is 5.75 Å². The van der Waals surface area contributed by atoms with Gasteiger partial charge in [-0.25, -0.2) is 0 Å². The first-order valence-corrected chi connectivity index (χ1v) is 4.83. The number of ether oxygens (including phenoxy) is 1. The third-order valence-corrected chi connectivity index (χ3v) is 1.90. The number of Topliss-reactive ketones (excluding diaryl/α,β-unsaturated/α-hetero) is 1. The highest BCUT2D eigenvalue weighted by atomic mass is 16.5. The van der Waals surface area contributed by atoms with Gasteiger partial charge >= 0.3 is 5.97 Å². The van der Waals surface area contributed by atoms with E-state index in [0.717, 1.165) is 0 Å². The molecule has 0 saturated carbocycles. The molecule has 0 spiro atoms. The summed E-state index contributed by atoms with van der Waals surface area (Å²) in [5.74, 6) is 0.0136. The molecule has 0 fully saturated rings. The molecule has 1 aromatic rings. The van der Waals surface area contributed by atoms with Crippen molar-refractivity contribution in [3.63, 3.8) is 0 Å². The molecular formula is C12H14O3. The number of rotatable bonds is 3. The predicted octanol–water partition coefficient (Wildman–Crippen LogP) is 2.45. The van der Waals surface area contributed by atoms with Crippen LogP contribution in [0.4, 0.5) is 0 Å². The van der Waals surface area contributed by atoms with E-state index in [1.807, 2.05) is 13.8 Å². The van der Waals surface area contributed by atoms with Crippen molar-refractivity contribution in [1.82, 2.24) is 0 Å². The molecule has 0 amide bonds. The highest BCUT2D eigenvalue weighted by Gasteiger charge is 2.11. The van der Waals surface area contributed by atoms with Gasteiger partial charge in [0.05, 0.1) is 0 Å². The van der Waals surface area contributed by atoms with Gasteiger partial charge in [0.15, 0.2) is 5.78 Å². The Kier molecular flexibility index (Phi) is 3.61. The maximum Gasteiger partial charge on any atom is 0.308 e. The zero-order chi connectivity index (χ0) is 11.4. The van der Waals surface area contributed by atoms with Crippen molar-refractivity contribution in [2.45, 2.75) is 20.8 Å². The average molecular weight is 206 g/mol. The molecule has 3 nitrogen and oxygen atoms in total. The van der Waals surface area contributed by atoms with Gasteiger partial charge in [-0.1, -0.05) is 26.0 Å². The normalized spacial score (nSPS) is 10.1. The number of ketones is 1. The first kappa shape index (κ1) is 11.4. The summed E-state index contributed by atoms with van der Waals surface area (Å²) in [6.45, 7) is 5.00. The second kappa shape index (κ2) is 4.73. The zero-order valence-corrected chi connectivity index (χ0v) is 9.11. The van der Waals surface area contributed by atoms with Crippen LogP contribution in [0.2, 0.25) is 0 Å². The number of carbonyl (C=O) groups excluding carboxylic acids is 2. The van der Waals surface area contributed by atoms with Gasteiger partial charge in [0, 0.05) is 18.4 Å². The highest BCUT2D eigenvalue weighted by Crippen LogP contribution is 2.16. The van der Waals surface area contributed by atoms with E-state index in [-0.39, 0.29) is 17.7 Å². The molecule has 0 saturated heterocycles. The summed E-state index contributed by atoms with van der Waals surface area (Å²) in [4.78, 5) is 22.4. The molecule has 0 unspecified atom stereocenters. The van der Waals surface area contributed by atoms with Gasteiger partial charge in [0.2, 0.25) is 0 Å². The van der Waals surface area contributed by atoms with E-state index in [9.17, 15) is 9.59 Å². The molecule has 0 atom stereocenters. The van der Waals surface area contributed by atoms with E-state index in [1.165, 1.54) is 6.92 Å². The molecule has 80 valence electrons. The Bertz CT molecular complexity index is 380. The largest absolute Gasteiger partial charge is 0.427 e. The van der Waals surface area contributed by atoms with E-state index >= 15 is 0 Å². The maximum atomic E-state index is 11.6. The minimum atomic E-state index is -0.385. The molecule has 15 heavy (non-hydrogen) atoms. The van der Waals surface area contributed by atoms with E-state index in [1.54, 1.807) is 24.3 Å². The fourth-order valence-corrected chi connectivity index (χ4v) is 1.21. The Morgan fingerprint density at radius 3 is 2.47 bits per heavy atom. The van der Waals surface area contributed by atoms with E-state index < -0.39 is 0 Å². The summed E-state index contributed by atoms with van der Waals surface area (Å²) in [6, 6.07) is 6.66. The average Bonchev–Trinajstić information content (AvgIpc) is 2.16. The lowest BCUT2D eigenvalue weighted by Crippen LogP contribution is -2.08. The molecular weight excluding hydrogens is 192 g/mol. The van der Waals surface area contributed by atoms with Gasteiger partial charge in [0.25, 0.3) is 0 Å². The fraction of sp³-hybridized carbons (Fsp3) is 0.333. The predicted molar refractivity (Wildman–Crippen MR) is 56.9 cm³/mol. The molecule has 0 aliphatic carbocycles. The van der Waals surface area contributed by atoms with Crippen LogP contribution >= 0.6 is 0 Å². The lowest BCUT2D eigenvalue weighted by Gasteiger charge is -2.06.